The lowest BCUT2D eigenvalue weighted by atomic mass is 10.0. The Morgan fingerprint density at radius 2 is 2.12 bits per heavy atom. The zero-order chi connectivity index (χ0) is 12.4. The van der Waals surface area contributed by atoms with Gasteiger partial charge < -0.3 is 10.6 Å². The largest absolute Gasteiger partial charge is 0.350 e. The van der Waals surface area contributed by atoms with E-state index in [-0.39, 0.29) is 23.3 Å². The predicted octanol–water partition coefficient (Wildman–Crippen LogP) is -0.465. The van der Waals surface area contributed by atoms with Crippen LogP contribution in [0.3, 0.4) is 0 Å². The molecule has 0 aromatic carbocycles. The molecule has 5 nitrogen and oxygen atoms in total. The summed E-state index contributed by atoms with van der Waals surface area (Å²) in [5.41, 5.74) is -0.585. The molecule has 94 valence electrons. The van der Waals surface area contributed by atoms with Gasteiger partial charge in [-0.3, -0.25) is 4.79 Å². The molecule has 6 heteroatoms. The zero-order valence-electron chi connectivity index (χ0n) is 10.0. The third-order valence-corrected chi connectivity index (χ3v) is 4.79. The molecule has 0 spiro atoms. The van der Waals surface area contributed by atoms with E-state index in [1.165, 1.54) is 0 Å². The van der Waals surface area contributed by atoms with Crippen molar-refractivity contribution in [3.05, 3.63) is 0 Å². The van der Waals surface area contributed by atoms with Crippen molar-refractivity contribution in [3.63, 3.8) is 0 Å². The van der Waals surface area contributed by atoms with Crippen molar-refractivity contribution in [2.24, 2.45) is 5.92 Å². The lowest BCUT2D eigenvalue weighted by Crippen LogP contribution is -2.49. The van der Waals surface area contributed by atoms with E-state index < -0.39 is 15.4 Å². The normalized spacial score (nSPS) is 29.9. The smallest absolute Gasteiger partial charge is 0.224 e. The third kappa shape index (κ3) is 3.45. The van der Waals surface area contributed by atoms with E-state index in [4.69, 9.17) is 0 Å². The standard InChI is InChI=1S/C10H20N2O3S/c1-8(6-11-3)9(13)12-10(2)4-5-16(14,15)7-10/h8,11H,4-7H2,1-3H3,(H,12,13). The van der Waals surface area contributed by atoms with Crippen LogP contribution in [0.1, 0.15) is 20.3 Å². The number of amides is 1. The number of carbonyl (C=O) groups excluding carboxylic acids is 1. The van der Waals surface area contributed by atoms with Gasteiger partial charge in [0.05, 0.1) is 17.0 Å². The van der Waals surface area contributed by atoms with Gasteiger partial charge in [-0.15, -0.1) is 0 Å². The van der Waals surface area contributed by atoms with Crippen LogP contribution in [0.2, 0.25) is 0 Å². The van der Waals surface area contributed by atoms with Crippen LogP contribution >= 0.6 is 0 Å². The van der Waals surface area contributed by atoms with Crippen LogP contribution in [0.25, 0.3) is 0 Å². The Bertz CT molecular complexity index is 366. The molecule has 0 bridgehead atoms. The second-order valence-electron chi connectivity index (χ2n) is 4.85. The molecule has 1 rings (SSSR count). The van der Waals surface area contributed by atoms with E-state index in [0.29, 0.717) is 13.0 Å². The van der Waals surface area contributed by atoms with E-state index in [1.807, 2.05) is 6.92 Å². The number of hydrogen-bond donors (Lipinski definition) is 2. The van der Waals surface area contributed by atoms with Crippen molar-refractivity contribution in [3.8, 4) is 0 Å². The molecule has 2 atom stereocenters. The summed E-state index contributed by atoms with van der Waals surface area (Å²) in [6, 6.07) is 0. The van der Waals surface area contributed by atoms with Crippen molar-refractivity contribution < 1.29 is 13.2 Å². The van der Waals surface area contributed by atoms with Crippen molar-refractivity contribution in [1.29, 1.82) is 0 Å². The van der Waals surface area contributed by atoms with Crippen LogP contribution in [0.4, 0.5) is 0 Å². The van der Waals surface area contributed by atoms with E-state index in [1.54, 1.807) is 14.0 Å². The Balaban J connectivity index is 2.58. The van der Waals surface area contributed by atoms with Gasteiger partial charge in [-0.05, 0) is 20.4 Å². The molecule has 0 saturated carbocycles. The summed E-state index contributed by atoms with van der Waals surface area (Å²) in [6.45, 7) is 4.20. The van der Waals surface area contributed by atoms with Gasteiger partial charge in [0, 0.05) is 12.5 Å². The van der Waals surface area contributed by atoms with Crippen molar-refractivity contribution in [2.75, 3.05) is 25.1 Å². The van der Waals surface area contributed by atoms with E-state index in [0.717, 1.165) is 0 Å². The number of sulfone groups is 1. The minimum absolute atomic E-state index is 0.0536. The third-order valence-electron chi connectivity index (χ3n) is 2.89. The van der Waals surface area contributed by atoms with Gasteiger partial charge in [0.1, 0.15) is 0 Å². The minimum Gasteiger partial charge on any atom is -0.350 e. The molecule has 2 N–H and O–H groups in total. The van der Waals surface area contributed by atoms with Crippen molar-refractivity contribution in [1.82, 2.24) is 10.6 Å². The molecule has 1 aliphatic rings. The summed E-state index contributed by atoms with van der Waals surface area (Å²) in [5, 5.41) is 5.76. The SMILES string of the molecule is CNCC(C)C(=O)NC1(C)CCS(=O)(=O)C1. The minimum atomic E-state index is -2.97. The van der Waals surface area contributed by atoms with Crippen LogP contribution < -0.4 is 10.6 Å². The molecule has 1 fully saturated rings. The Labute approximate surface area is 96.9 Å². The highest BCUT2D eigenvalue weighted by Gasteiger charge is 2.39. The van der Waals surface area contributed by atoms with E-state index >= 15 is 0 Å². The number of carbonyl (C=O) groups is 1. The molecule has 1 aliphatic heterocycles. The highest BCUT2D eigenvalue weighted by atomic mass is 32.2. The van der Waals surface area contributed by atoms with Crippen LogP contribution in [0.5, 0.6) is 0 Å². The molecule has 0 aromatic rings. The first-order valence-corrected chi connectivity index (χ1v) is 7.27. The fraction of sp³-hybridized carbons (Fsp3) is 0.900. The molecule has 1 heterocycles. The predicted molar refractivity (Wildman–Crippen MR) is 62.9 cm³/mol. The second kappa shape index (κ2) is 4.71. The van der Waals surface area contributed by atoms with Gasteiger partial charge in [0.15, 0.2) is 9.84 Å². The monoisotopic (exact) mass is 248 g/mol. The van der Waals surface area contributed by atoms with Gasteiger partial charge in [0.25, 0.3) is 0 Å². The van der Waals surface area contributed by atoms with Crippen molar-refractivity contribution in [2.45, 2.75) is 25.8 Å². The summed E-state index contributed by atoms with van der Waals surface area (Å²) >= 11 is 0. The molecular weight excluding hydrogens is 228 g/mol. The maximum atomic E-state index is 11.8. The molecular formula is C10H20N2O3S. The fourth-order valence-corrected chi connectivity index (χ4v) is 4.02. The quantitative estimate of drug-likeness (QED) is 0.705. The maximum absolute atomic E-state index is 11.8. The average molecular weight is 248 g/mol. The molecule has 0 aliphatic carbocycles. The lowest BCUT2D eigenvalue weighted by molar-refractivity contribution is -0.125. The Morgan fingerprint density at radius 3 is 2.56 bits per heavy atom. The summed E-state index contributed by atoms with van der Waals surface area (Å²) in [6.07, 6.45) is 0.507. The van der Waals surface area contributed by atoms with Crippen LogP contribution in [-0.2, 0) is 14.6 Å². The van der Waals surface area contributed by atoms with Crippen LogP contribution in [0, 0.1) is 5.92 Å². The maximum Gasteiger partial charge on any atom is 0.224 e. The first kappa shape index (κ1) is 13.4. The van der Waals surface area contributed by atoms with Gasteiger partial charge in [-0.25, -0.2) is 8.42 Å². The first-order valence-electron chi connectivity index (χ1n) is 5.45. The number of rotatable bonds is 4. The van der Waals surface area contributed by atoms with E-state index in [9.17, 15) is 13.2 Å². The lowest BCUT2D eigenvalue weighted by Gasteiger charge is -2.25. The number of nitrogens with one attached hydrogen (secondary N) is 2. The summed E-state index contributed by atoms with van der Waals surface area (Å²) in [7, 11) is -1.18. The summed E-state index contributed by atoms with van der Waals surface area (Å²) < 4.78 is 22.7. The molecule has 0 radical (unpaired) electrons. The molecule has 1 amide bonds. The van der Waals surface area contributed by atoms with Crippen LogP contribution in [-0.4, -0.2) is 45.0 Å². The highest BCUT2D eigenvalue weighted by Crippen LogP contribution is 2.23. The summed E-state index contributed by atoms with van der Waals surface area (Å²) in [5.74, 6) is -0.0126. The van der Waals surface area contributed by atoms with Gasteiger partial charge in [0.2, 0.25) is 5.91 Å². The summed E-state index contributed by atoms with van der Waals surface area (Å²) in [4.78, 5) is 11.8. The fourth-order valence-electron chi connectivity index (χ4n) is 1.93. The topological polar surface area (TPSA) is 75.3 Å². The highest BCUT2D eigenvalue weighted by molar-refractivity contribution is 7.91. The average Bonchev–Trinajstić information content (AvgIpc) is 2.40. The van der Waals surface area contributed by atoms with Gasteiger partial charge in [-0.2, -0.15) is 0 Å². The zero-order valence-corrected chi connectivity index (χ0v) is 10.9. The molecule has 0 aromatic heterocycles. The second-order valence-corrected chi connectivity index (χ2v) is 7.03. The van der Waals surface area contributed by atoms with Crippen molar-refractivity contribution >= 4 is 15.7 Å². The Morgan fingerprint density at radius 1 is 1.50 bits per heavy atom. The van der Waals surface area contributed by atoms with Gasteiger partial charge in [-0.1, -0.05) is 6.92 Å². The molecule has 16 heavy (non-hydrogen) atoms. The molecule has 2 unspecified atom stereocenters. The van der Waals surface area contributed by atoms with Gasteiger partial charge >= 0.3 is 0 Å². The molecule has 1 saturated heterocycles. The Kier molecular flexibility index (Phi) is 3.96. The Hall–Kier alpha value is -0.620. The number of hydrogen-bond acceptors (Lipinski definition) is 4. The first-order chi connectivity index (χ1) is 7.28. The van der Waals surface area contributed by atoms with E-state index in [2.05, 4.69) is 10.6 Å². The van der Waals surface area contributed by atoms with Crippen LogP contribution in [0.15, 0.2) is 0 Å².